The van der Waals surface area contributed by atoms with Crippen molar-refractivity contribution in [3.8, 4) is 5.75 Å². The fourth-order valence-corrected chi connectivity index (χ4v) is 2.70. The van der Waals surface area contributed by atoms with Crippen LogP contribution in [0.4, 0.5) is 0 Å². The second kappa shape index (κ2) is 8.00. The van der Waals surface area contributed by atoms with Crippen molar-refractivity contribution >= 4 is 5.91 Å². The van der Waals surface area contributed by atoms with E-state index in [4.69, 9.17) is 4.74 Å². The molecular formula is C16H24N2O3. The molecule has 116 valence electrons. The van der Waals surface area contributed by atoms with E-state index in [-0.39, 0.29) is 18.6 Å². The maximum absolute atomic E-state index is 12.0. The molecule has 0 bridgehead atoms. The molecule has 1 atom stereocenters. The Hall–Kier alpha value is -1.59. The molecular weight excluding hydrogens is 268 g/mol. The number of amides is 1. The van der Waals surface area contributed by atoms with Gasteiger partial charge in [-0.1, -0.05) is 18.6 Å². The third-order valence-electron chi connectivity index (χ3n) is 3.93. The molecule has 1 saturated heterocycles. The molecule has 1 aromatic carbocycles. The monoisotopic (exact) mass is 292 g/mol. The van der Waals surface area contributed by atoms with Gasteiger partial charge >= 0.3 is 0 Å². The first-order valence-corrected chi connectivity index (χ1v) is 7.47. The Bertz CT molecular complexity index is 465. The standard InChI is InChI=1S/C16H24N2O3/c1-21-15-7-4-5-13(9-15)10-17-16(20)11-18-8-3-2-6-14(18)12-19/h4-5,7,9,14,19H,2-3,6,8,10-12H2,1H3,(H,17,20)/t14-/m1/s1. The van der Waals surface area contributed by atoms with Crippen LogP contribution in [0.2, 0.25) is 0 Å². The van der Waals surface area contributed by atoms with Gasteiger partial charge in [-0.3, -0.25) is 9.69 Å². The summed E-state index contributed by atoms with van der Waals surface area (Å²) in [5.74, 6) is 0.788. The van der Waals surface area contributed by atoms with E-state index in [1.165, 1.54) is 0 Å². The quantitative estimate of drug-likeness (QED) is 0.826. The second-order valence-corrected chi connectivity index (χ2v) is 5.43. The summed E-state index contributed by atoms with van der Waals surface area (Å²) in [6.45, 7) is 1.86. The van der Waals surface area contributed by atoms with Crippen LogP contribution < -0.4 is 10.1 Å². The first-order chi connectivity index (χ1) is 10.2. The lowest BCUT2D eigenvalue weighted by molar-refractivity contribution is -0.123. The minimum absolute atomic E-state index is 0.00169. The van der Waals surface area contributed by atoms with Gasteiger partial charge in [0, 0.05) is 12.6 Å². The lowest BCUT2D eigenvalue weighted by atomic mass is 10.0. The van der Waals surface area contributed by atoms with E-state index in [2.05, 4.69) is 10.2 Å². The highest BCUT2D eigenvalue weighted by atomic mass is 16.5. The zero-order valence-corrected chi connectivity index (χ0v) is 12.5. The molecule has 1 aliphatic rings. The molecule has 0 radical (unpaired) electrons. The number of carbonyl (C=O) groups is 1. The van der Waals surface area contributed by atoms with Gasteiger partial charge in [-0.05, 0) is 37.1 Å². The van der Waals surface area contributed by atoms with Gasteiger partial charge in [-0.25, -0.2) is 0 Å². The first kappa shape index (κ1) is 15.8. The van der Waals surface area contributed by atoms with E-state index in [1.54, 1.807) is 7.11 Å². The Kier molecular flexibility index (Phi) is 6.02. The normalized spacial score (nSPS) is 19.2. The Balaban J connectivity index is 1.81. The zero-order valence-electron chi connectivity index (χ0n) is 12.5. The van der Waals surface area contributed by atoms with Crippen LogP contribution in [0, 0.1) is 0 Å². The largest absolute Gasteiger partial charge is 0.497 e. The van der Waals surface area contributed by atoms with E-state index in [0.717, 1.165) is 37.1 Å². The average molecular weight is 292 g/mol. The summed E-state index contributed by atoms with van der Waals surface area (Å²) in [5.41, 5.74) is 1.01. The number of carbonyl (C=O) groups excluding carboxylic acids is 1. The van der Waals surface area contributed by atoms with Crippen molar-refractivity contribution in [2.24, 2.45) is 0 Å². The second-order valence-electron chi connectivity index (χ2n) is 5.43. The van der Waals surface area contributed by atoms with Crippen molar-refractivity contribution in [3.05, 3.63) is 29.8 Å². The number of aliphatic hydroxyl groups is 1. The van der Waals surface area contributed by atoms with E-state index in [1.807, 2.05) is 24.3 Å². The summed E-state index contributed by atoms with van der Waals surface area (Å²) >= 11 is 0. The van der Waals surface area contributed by atoms with Crippen LogP contribution in [-0.2, 0) is 11.3 Å². The maximum atomic E-state index is 12.0. The van der Waals surface area contributed by atoms with Crippen LogP contribution in [0.25, 0.3) is 0 Å². The molecule has 0 saturated carbocycles. The number of ether oxygens (including phenoxy) is 1. The number of methoxy groups -OCH3 is 1. The van der Waals surface area contributed by atoms with Crippen molar-refractivity contribution in [3.63, 3.8) is 0 Å². The predicted octanol–water partition coefficient (Wildman–Crippen LogP) is 1.16. The van der Waals surface area contributed by atoms with Crippen molar-refractivity contribution < 1.29 is 14.6 Å². The molecule has 21 heavy (non-hydrogen) atoms. The number of nitrogens with zero attached hydrogens (tertiary/aromatic N) is 1. The summed E-state index contributed by atoms with van der Waals surface area (Å²) in [7, 11) is 1.63. The fraction of sp³-hybridized carbons (Fsp3) is 0.562. The average Bonchev–Trinajstić information content (AvgIpc) is 2.53. The summed E-state index contributed by atoms with van der Waals surface area (Å²) in [5, 5.41) is 12.3. The summed E-state index contributed by atoms with van der Waals surface area (Å²) in [6, 6.07) is 7.79. The number of likely N-dealkylation sites (tertiary alicyclic amines) is 1. The van der Waals surface area contributed by atoms with Crippen LogP contribution in [0.1, 0.15) is 24.8 Å². The Morgan fingerprint density at radius 1 is 1.48 bits per heavy atom. The van der Waals surface area contributed by atoms with Crippen molar-refractivity contribution in [2.75, 3.05) is 26.8 Å². The lowest BCUT2D eigenvalue weighted by Gasteiger charge is -2.33. The first-order valence-electron chi connectivity index (χ1n) is 7.47. The molecule has 2 rings (SSSR count). The van der Waals surface area contributed by atoms with E-state index in [9.17, 15) is 9.90 Å². The molecule has 1 aliphatic heterocycles. The van der Waals surface area contributed by atoms with Gasteiger partial charge in [0.05, 0.1) is 20.3 Å². The Labute approximate surface area is 125 Å². The smallest absolute Gasteiger partial charge is 0.234 e. The van der Waals surface area contributed by atoms with Gasteiger partial charge in [0.1, 0.15) is 5.75 Å². The van der Waals surface area contributed by atoms with Crippen molar-refractivity contribution in [2.45, 2.75) is 31.8 Å². The number of rotatable bonds is 6. The fourth-order valence-electron chi connectivity index (χ4n) is 2.70. The number of hydrogen-bond donors (Lipinski definition) is 2. The number of benzene rings is 1. The lowest BCUT2D eigenvalue weighted by Crippen LogP contribution is -2.46. The minimum atomic E-state index is -0.00169. The highest BCUT2D eigenvalue weighted by Gasteiger charge is 2.23. The highest BCUT2D eigenvalue weighted by Crippen LogP contribution is 2.16. The summed E-state index contributed by atoms with van der Waals surface area (Å²) in [4.78, 5) is 14.1. The summed E-state index contributed by atoms with van der Waals surface area (Å²) in [6.07, 6.45) is 3.20. The van der Waals surface area contributed by atoms with E-state index >= 15 is 0 Å². The van der Waals surface area contributed by atoms with Gasteiger partial charge in [-0.15, -0.1) is 0 Å². The predicted molar refractivity (Wildman–Crippen MR) is 81.1 cm³/mol. The van der Waals surface area contributed by atoms with Crippen molar-refractivity contribution in [1.29, 1.82) is 0 Å². The van der Waals surface area contributed by atoms with Crippen LogP contribution in [0.15, 0.2) is 24.3 Å². The topological polar surface area (TPSA) is 61.8 Å². The van der Waals surface area contributed by atoms with Gasteiger partial charge in [0.2, 0.25) is 5.91 Å². The number of piperidine rings is 1. The Morgan fingerprint density at radius 3 is 3.10 bits per heavy atom. The molecule has 1 aromatic rings. The maximum Gasteiger partial charge on any atom is 0.234 e. The molecule has 0 aliphatic carbocycles. The Morgan fingerprint density at radius 2 is 2.33 bits per heavy atom. The van der Waals surface area contributed by atoms with E-state index in [0.29, 0.717) is 13.1 Å². The molecule has 5 heteroatoms. The number of nitrogens with one attached hydrogen (secondary N) is 1. The molecule has 1 heterocycles. The molecule has 5 nitrogen and oxygen atoms in total. The SMILES string of the molecule is COc1cccc(CNC(=O)CN2CCCC[C@@H]2CO)c1. The number of hydrogen-bond acceptors (Lipinski definition) is 4. The van der Waals surface area contributed by atoms with Gasteiger partial charge in [-0.2, -0.15) is 0 Å². The highest BCUT2D eigenvalue weighted by molar-refractivity contribution is 5.78. The van der Waals surface area contributed by atoms with Gasteiger partial charge in [0.25, 0.3) is 0 Å². The molecule has 0 spiro atoms. The molecule has 2 N–H and O–H groups in total. The third kappa shape index (κ3) is 4.72. The summed E-state index contributed by atoms with van der Waals surface area (Å²) < 4.78 is 5.16. The number of aliphatic hydroxyl groups excluding tert-OH is 1. The van der Waals surface area contributed by atoms with Crippen LogP contribution in [0.5, 0.6) is 5.75 Å². The molecule has 1 fully saturated rings. The molecule has 1 amide bonds. The van der Waals surface area contributed by atoms with Crippen molar-refractivity contribution in [1.82, 2.24) is 10.2 Å². The zero-order chi connectivity index (χ0) is 15.1. The van der Waals surface area contributed by atoms with Gasteiger partial charge < -0.3 is 15.2 Å². The molecule has 0 unspecified atom stereocenters. The minimum Gasteiger partial charge on any atom is -0.497 e. The van der Waals surface area contributed by atoms with Crippen LogP contribution in [-0.4, -0.2) is 48.8 Å². The third-order valence-corrected chi connectivity index (χ3v) is 3.93. The van der Waals surface area contributed by atoms with Crippen LogP contribution >= 0.6 is 0 Å². The van der Waals surface area contributed by atoms with E-state index < -0.39 is 0 Å². The van der Waals surface area contributed by atoms with Crippen LogP contribution in [0.3, 0.4) is 0 Å². The molecule has 0 aromatic heterocycles. The van der Waals surface area contributed by atoms with Gasteiger partial charge in [0.15, 0.2) is 0 Å².